The van der Waals surface area contributed by atoms with Gasteiger partial charge < -0.3 is 5.32 Å². The summed E-state index contributed by atoms with van der Waals surface area (Å²) in [6, 6.07) is 13.1. The van der Waals surface area contributed by atoms with Crippen molar-refractivity contribution >= 4 is 40.6 Å². The van der Waals surface area contributed by atoms with Gasteiger partial charge in [-0.2, -0.15) is 0 Å². The zero-order valence-corrected chi connectivity index (χ0v) is 16.8. The van der Waals surface area contributed by atoms with Crippen LogP contribution in [0.5, 0.6) is 0 Å². The summed E-state index contributed by atoms with van der Waals surface area (Å²) in [5.41, 5.74) is 1.82. The highest BCUT2D eigenvalue weighted by molar-refractivity contribution is 6.31. The summed E-state index contributed by atoms with van der Waals surface area (Å²) in [4.78, 5) is 26.2. The van der Waals surface area contributed by atoms with E-state index in [0.29, 0.717) is 22.9 Å². The molecular weight excluding hydrogens is 381 g/mol. The molecule has 27 heavy (non-hydrogen) atoms. The number of Topliss-reactive ketones (excluding diaryl/α,β-unsaturated/α-hetero) is 1. The molecule has 3 nitrogen and oxygen atoms in total. The van der Waals surface area contributed by atoms with Gasteiger partial charge in [-0.15, -0.1) is 0 Å². The minimum Gasteiger partial charge on any atom is -0.325 e. The monoisotopic (exact) mass is 401 g/mol. The number of nitrogens with one attached hydrogen (secondary N) is 1. The highest BCUT2D eigenvalue weighted by Crippen LogP contribution is 2.58. The molecule has 2 aromatic carbocycles. The number of anilines is 1. The van der Waals surface area contributed by atoms with Gasteiger partial charge in [0.1, 0.15) is 5.78 Å². The Kier molecular flexibility index (Phi) is 4.56. The molecule has 0 bridgehead atoms. The second-order valence-electron chi connectivity index (χ2n) is 7.92. The number of halogens is 2. The number of rotatable bonds is 2. The number of fused-ring (bicyclic) bond motifs is 2. The SMILES string of the molecule is CC(C)[C@@H]1CC(=O)C[C@@H](c2cccc(Cl)c2)[C@]12C(=O)Nc1cc(Cl)ccc12. The Morgan fingerprint density at radius 3 is 2.48 bits per heavy atom. The van der Waals surface area contributed by atoms with Crippen molar-refractivity contribution in [2.75, 3.05) is 5.32 Å². The quantitative estimate of drug-likeness (QED) is 0.711. The van der Waals surface area contributed by atoms with Crippen LogP contribution in [0.1, 0.15) is 43.7 Å². The molecule has 1 fully saturated rings. The van der Waals surface area contributed by atoms with E-state index in [9.17, 15) is 9.59 Å². The molecule has 0 unspecified atom stereocenters. The van der Waals surface area contributed by atoms with Gasteiger partial charge in [0, 0.05) is 34.5 Å². The van der Waals surface area contributed by atoms with E-state index in [1.807, 2.05) is 36.4 Å². The van der Waals surface area contributed by atoms with Crippen molar-refractivity contribution in [1.82, 2.24) is 0 Å². The molecule has 4 rings (SSSR count). The van der Waals surface area contributed by atoms with Gasteiger partial charge in [-0.1, -0.05) is 55.2 Å². The van der Waals surface area contributed by atoms with E-state index in [0.717, 1.165) is 16.8 Å². The fraction of sp³-hybridized carbons (Fsp3) is 0.364. The van der Waals surface area contributed by atoms with E-state index in [2.05, 4.69) is 19.2 Å². The van der Waals surface area contributed by atoms with Crippen molar-refractivity contribution in [2.45, 2.75) is 38.0 Å². The Morgan fingerprint density at radius 1 is 1.04 bits per heavy atom. The summed E-state index contributed by atoms with van der Waals surface area (Å²) in [7, 11) is 0. The fourth-order valence-electron chi connectivity index (χ4n) is 5.04. The number of hydrogen-bond acceptors (Lipinski definition) is 2. The molecule has 1 N–H and O–H groups in total. The molecule has 1 amide bonds. The minimum absolute atomic E-state index is 0.0454. The smallest absolute Gasteiger partial charge is 0.236 e. The normalized spacial score (nSPS) is 27.1. The Labute approximate surface area is 169 Å². The van der Waals surface area contributed by atoms with Crippen LogP contribution in [0.15, 0.2) is 42.5 Å². The lowest BCUT2D eigenvalue weighted by molar-refractivity contribution is -0.132. The van der Waals surface area contributed by atoms with E-state index in [1.54, 1.807) is 6.07 Å². The van der Waals surface area contributed by atoms with Crippen molar-refractivity contribution in [2.24, 2.45) is 11.8 Å². The van der Waals surface area contributed by atoms with Crippen LogP contribution in [-0.4, -0.2) is 11.7 Å². The summed E-state index contributed by atoms with van der Waals surface area (Å²) in [6.07, 6.45) is 0.739. The third-order valence-corrected chi connectivity index (χ3v) is 6.59. The van der Waals surface area contributed by atoms with Crippen LogP contribution >= 0.6 is 23.2 Å². The second kappa shape index (κ2) is 6.65. The van der Waals surface area contributed by atoms with E-state index in [-0.39, 0.29) is 29.4 Å². The number of amides is 1. The maximum Gasteiger partial charge on any atom is 0.236 e. The number of hydrogen-bond donors (Lipinski definition) is 1. The van der Waals surface area contributed by atoms with Crippen LogP contribution in [0.3, 0.4) is 0 Å². The first-order chi connectivity index (χ1) is 12.8. The summed E-state index contributed by atoms with van der Waals surface area (Å²) in [5.74, 6) is -0.0313. The average molecular weight is 402 g/mol. The molecule has 2 aromatic rings. The lowest BCUT2D eigenvalue weighted by Gasteiger charge is -2.47. The van der Waals surface area contributed by atoms with Crippen LogP contribution in [0.2, 0.25) is 10.0 Å². The standard InChI is InChI=1S/C22H21Cl2NO2/c1-12(2)18-10-16(26)11-19(13-4-3-5-14(23)8-13)22(18)17-7-6-15(24)9-20(17)25-21(22)27/h3-9,12,18-19H,10-11H2,1-2H3,(H,25,27)/t18-,19-,22+/m0/s1. The zero-order valence-electron chi connectivity index (χ0n) is 15.3. The molecule has 2 aliphatic rings. The minimum atomic E-state index is -0.799. The maximum absolute atomic E-state index is 13.5. The van der Waals surface area contributed by atoms with Crippen molar-refractivity contribution in [3.05, 3.63) is 63.6 Å². The number of carbonyl (C=O) groups is 2. The first kappa shape index (κ1) is 18.5. The van der Waals surface area contributed by atoms with Crippen LogP contribution < -0.4 is 5.32 Å². The highest BCUT2D eigenvalue weighted by atomic mass is 35.5. The molecular formula is C22H21Cl2NO2. The molecule has 3 atom stereocenters. The van der Waals surface area contributed by atoms with Crippen molar-refractivity contribution in [3.63, 3.8) is 0 Å². The fourth-order valence-corrected chi connectivity index (χ4v) is 5.42. The highest BCUT2D eigenvalue weighted by Gasteiger charge is 2.60. The Balaban J connectivity index is 2.00. The van der Waals surface area contributed by atoms with Gasteiger partial charge in [0.2, 0.25) is 5.91 Å². The van der Waals surface area contributed by atoms with E-state index >= 15 is 0 Å². The third kappa shape index (κ3) is 2.79. The largest absolute Gasteiger partial charge is 0.325 e. The lowest BCUT2D eigenvalue weighted by Crippen LogP contribution is -2.53. The van der Waals surface area contributed by atoms with E-state index < -0.39 is 5.41 Å². The molecule has 5 heteroatoms. The molecule has 0 saturated heterocycles. The van der Waals surface area contributed by atoms with Gasteiger partial charge in [-0.3, -0.25) is 9.59 Å². The first-order valence-corrected chi connectivity index (χ1v) is 9.98. The van der Waals surface area contributed by atoms with Crippen molar-refractivity contribution in [3.8, 4) is 0 Å². The van der Waals surface area contributed by atoms with Crippen LogP contribution in [-0.2, 0) is 15.0 Å². The third-order valence-electron chi connectivity index (χ3n) is 6.12. The molecule has 0 aromatic heterocycles. The molecule has 1 aliphatic carbocycles. The number of carbonyl (C=O) groups excluding carboxylic acids is 2. The predicted molar refractivity (Wildman–Crippen MR) is 109 cm³/mol. The van der Waals surface area contributed by atoms with Crippen molar-refractivity contribution in [1.29, 1.82) is 0 Å². The maximum atomic E-state index is 13.5. The molecule has 1 heterocycles. The molecule has 0 radical (unpaired) electrons. The van der Waals surface area contributed by atoms with Gasteiger partial charge in [-0.05, 0) is 47.2 Å². The first-order valence-electron chi connectivity index (χ1n) is 9.22. The van der Waals surface area contributed by atoms with Crippen LogP contribution in [0.25, 0.3) is 0 Å². The lowest BCUT2D eigenvalue weighted by atomic mass is 9.53. The van der Waals surface area contributed by atoms with Crippen molar-refractivity contribution < 1.29 is 9.59 Å². The molecule has 140 valence electrons. The molecule has 1 saturated carbocycles. The summed E-state index contributed by atoms with van der Waals surface area (Å²) < 4.78 is 0. The summed E-state index contributed by atoms with van der Waals surface area (Å²) in [6.45, 7) is 4.17. The predicted octanol–water partition coefficient (Wildman–Crippen LogP) is 5.60. The van der Waals surface area contributed by atoms with Gasteiger partial charge in [0.05, 0.1) is 5.41 Å². The number of benzene rings is 2. The molecule has 1 spiro atoms. The second-order valence-corrected chi connectivity index (χ2v) is 8.79. The van der Waals surface area contributed by atoms with Gasteiger partial charge in [-0.25, -0.2) is 0 Å². The topological polar surface area (TPSA) is 46.2 Å². The zero-order chi connectivity index (χ0) is 19.3. The van der Waals surface area contributed by atoms with E-state index in [1.165, 1.54) is 0 Å². The van der Waals surface area contributed by atoms with Crippen LogP contribution in [0.4, 0.5) is 5.69 Å². The summed E-state index contributed by atoms with van der Waals surface area (Å²) >= 11 is 12.4. The van der Waals surface area contributed by atoms with Gasteiger partial charge in [0.25, 0.3) is 0 Å². The average Bonchev–Trinajstić information content (AvgIpc) is 2.88. The van der Waals surface area contributed by atoms with Gasteiger partial charge in [0.15, 0.2) is 0 Å². The van der Waals surface area contributed by atoms with E-state index in [4.69, 9.17) is 23.2 Å². The van der Waals surface area contributed by atoms with Gasteiger partial charge >= 0.3 is 0 Å². The summed E-state index contributed by atoms with van der Waals surface area (Å²) in [5, 5.41) is 4.23. The van der Waals surface area contributed by atoms with Crippen LogP contribution in [0, 0.1) is 11.8 Å². The Morgan fingerprint density at radius 2 is 1.78 bits per heavy atom. The number of ketones is 1. The Hall–Kier alpha value is -1.84. The Bertz CT molecular complexity index is 940. The molecule has 1 aliphatic heterocycles.